The Bertz CT molecular complexity index is 3500. The number of carbonyl (C=O) groups is 4. The van der Waals surface area contributed by atoms with Gasteiger partial charge in [0.1, 0.15) is 24.1 Å². The van der Waals surface area contributed by atoms with Crippen LogP contribution < -0.4 is 14.3 Å². The molecule has 2 aliphatic heterocycles. The summed E-state index contributed by atoms with van der Waals surface area (Å²) in [5.41, 5.74) is 6.98. The summed E-state index contributed by atoms with van der Waals surface area (Å²) in [7, 11) is 5.79. The summed E-state index contributed by atoms with van der Waals surface area (Å²) >= 11 is 0. The second kappa shape index (κ2) is 22.4. The topological polar surface area (TPSA) is 233 Å². The quantitative estimate of drug-likeness (QED) is 0.0566. The number of methoxy groups -OCH3 is 3. The summed E-state index contributed by atoms with van der Waals surface area (Å²) in [6.45, 7) is 0. The molecule has 20 heteroatoms. The molecule has 9 rings (SSSR count). The summed E-state index contributed by atoms with van der Waals surface area (Å²) in [4.78, 5) is 68.6. The molecular weight excluding hydrogens is 1030 g/mol. The molecule has 0 spiro atoms. The maximum absolute atomic E-state index is 12.1. The van der Waals surface area contributed by atoms with Crippen molar-refractivity contribution in [2.24, 2.45) is 0 Å². The van der Waals surface area contributed by atoms with Gasteiger partial charge in [0.2, 0.25) is 0 Å². The van der Waals surface area contributed by atoms with E-state index in [0.717, 1.165) is 0 Å². The molecule has 369 valence electrons. The maximum atomic E-state index is 12.1. The Hall–Kier alpha value is -8.05. The number of carboxylic acids is 4. The first kappa shape index (κ1) is 54.9. The standard InChI is InChI=1S/C52H37N4O12.3ClH.Mn/c1-65-39-25-38-41(27-7-15-31(16-8-27)50(59)60)36-22-21-34(53-36)40(26-5-13-30(14-6-26)49(57)58)35-23-24-37(54-35)42(28-9-17-32(18-10-28)51(61)62)45-47(66-2)48(67-3)46(56(45)68-4)43(44(39)55-38)29-11-19-33(20-12-29)52(63)64;;;;/h5-9,11-25,53H,1-4H3,(H,57,58)(H,59,60)(H,61,62)(H,63,64);3*1H;/q-1;;;;. The van der Waals surface area contributed by atoms with Crippen LogP contribution in [0.5, 0.6) is 11.5 Å². The van der Waals surface area contributed by atoms with E-state index in [-0.39, 0.29) is 111 Å². The number of benzene rings is 4. The van der Waals surface area contributed by atoms with Gasteiger partial charge in [0.25, 0.3) is 5.97 Å². The molecule has 7 aromatic rings. The number of nitrogens with one attached hydrogen (secondary N) is 1. The molecule has 3 aromatic heterocycles. The molecule has 0 saturated carbocycles. The number of aromatic nitrogens is 4. The number of fused-ring (bicyclic) bond motifs is 8. The summed E-state index contributed by atoms with van der Waals surface area (Å²) in [6.07, 6.45) is 5.28. The van der Waals surface area contributed by atoms with E-state index < -0.39 is 23.9 Å². The number of hydrogen-bond donors (Lipinski definition) is 5. The molecule has 16 nitrogen and oxygen atoms in total. The molecule has 8 bridgehead atoms. The van der Waals surface area contributed by atoms with Gasteiger partial charge in [-0.15, -0.1) is 67.1 Å². The number of aromatic amines is 1. The minimum absolute atomic E-state index is 0. The smallest absolute Gasteiger partial charge is 0.335 e. The predicted molar refractivity (Wildman–Crippen MR) is 274 cm³/mol. The van der Waals surface area contributed by atoms with Crippen molar-refractivity contribution in [1.82, 2.24) is 19.7 Å². The molecule has 5 heterocycles. The Labute approximate surface area is 438 Å². The number of aromatic carboxylic acids is 4. The van der Waals surface area contributed by atoms with E-state index in [9.17, 15) is 39.6 Å². The van der Waals surface area contributed by atoms with Crippen molar-refractivity contribution in [3.8, 4) is 56.0 Å². The summed E-state index contributed by atoms with van der Waals surface area (Å²) in [6, 6.07) is 29.9. The molecule has 0 aliphatic carbocycles. The zero-order valence-corrected chi connectivity index (χ0v) is 41.7. The van der Waals surface area contributed by atoms with E-state index in [1.807, 2.05) is 12.1 Å². The SMILES string of the molecule is COC1=Cc2nc1c(-c1ccc(C(=O)O)cc1)c1c(OC)c(OC)c(c(-c3[c-]cc(C(=O)O)cc3)c3nc(c(-c4ccc(C(=O)O)cc4)c4ccc([nH]4)c2-c2ccc(C(=O)O)cc2)C=C3)n1OC.Cl.Cl.Cl.[Mn]. The van der Waals surface area contributed by atoms with Gasteiger partial charge in [-0.25, -0.2) is 19.4 Å². The van der Waals surface area contributed by atoms with Gasteiger partial charge < -0.3 is 44.5 Å². The largest absolute Gasteiger partial charge is 0.494 e. The number of carboxylic acid groups (broad SMARTS) is 4. The minimum atomic E-state index is -1.16. The third-order valence-electron chi connectivity index (χ3n) is 11.5. The first-order chi connectivity index (χ1) is 32.8. The van der Waals surface area contributed by atoms with E-state index in [0.29, 0.717) is 72.6 Å². The molecule has 0 fully saturated rings. The Kier molecular flexibility index (Phi) is 17.0. The molecule has 4 aromatic carbocycles. The Morgan fingerprint density at radius 2 is 0.931 bits per heavy atom. The second-order valence-corrected chi connectivity index (χ2v) is 15.2. The van der Waals surface area contributed by atoms with Crippen molar-refractivity contribution < 1.29 is 75.7 Å². The monoisotopic (exact) mass is 1070 g/mol. The Balaban J connectivity index is 0.00000241. The van der Waals surface area contributed by atoms with Crippen molar-refractivity contribution >= 4 is 107 Å². The van der Waals surface area contributed by atoms with Crippen molar-refractivity contribution in [3.63, 3.8) is 0 Å². The molecule has 0 atom stereocenters. The van der Waals surface area contributed by atoms with Crippen molar-refractivity contribution in [2.75, 3.05) is 28.4 Å². The fourth-order valence-electron chi connectivity index (χ4n) is 8.40. The average molecular weight is 1070 g/mol. The summed E-state index contributed by atoms with van der Waals surface area (Å²) in [5.74, 6) is -3.94. The third kappa shape index (κ3) is 9.71. The van der Waals surface area contributed by atoms with Crippen LogP contribution in [0.2, 0.25) is 0 Å². The van der Waals surface area contributed by atoms with Crippen LogP contribution in [0.4, 0.5) is 0 Å². The number of halogens is 3. The first-order valence-corrected chi connectivity index (χ1v) is 20.6. The molecule has 0 unspecified atom stereocenters. The zero-order valence-electron chi connectivity index (χ0n) is 38.0. The summed E-state index contributed by atoms with van der Waals surface area (Å²) < 4.78 is 20.0. The number of rotatable bonds is 12. The van der Waals surface area contributed by atoms with E-state index in [1.165, 1.54) is 81.7 Å². The molecule has 0 saturated heterocycles. The number of ether oxygens (including phenoxy) is 3. The third-order valence-corrected chi connectivity index (χ3v) is 11.5. The van der Waals surface area contributed by atoms with Crippen molar-refractivity contribution in [1.29, 1.82) is 0 Å². The average Bonchev–Trinajstić information content (AvgIpc) is 4.17. The van der Waals surface area contributed by atoms with Gasteiger partial charge in [-0.05, 0) is 88.5 Å². The van der Waals surface area contributed by atoms with Crippen LogP contribution in [0, 0.1) is 6.07 Å². The molecule has 2 aliphatic rings. The fraction of sp³-hybridized carbons (Fsp3) is 0.0769. The molecule has 72 heavy (non-hydrogen) atoms. The second-order valence-electron chi connectivity index (χ2n) is 15.2. The molecular formula is C52H40Cl3MnN4O12-. The summed E-state index contributed by atoms with van der Waals surface area (Å²) in [5, 5.41) is 39.4. The van der Waals surface area contributed by atoms with Crippen molar-refractivity contribution in [2.45, 2.75) is 0 Å². The fourth-order valence-corrected chi connectivity index (χ4v) is 8.40. The Morgan fingerprint density at radius 3 is 1.33 bits per heavy atom. The van der Waals surface area contributed by atoms with Gasteiger partial charge in [-0.3, -0.25) is 9.78 Å². The number of nitrogens with zero attached hydrogens (tertiary/aromatic N) is 3. The van der Waals surface area contributed by atoms with Gasteiger partial charge in [0, 0.05) is 56.6 Å². The van der Waals surface area contributed by atoms with Crippen LogP contribution in [0.15, 0.2) is 103 Å². The van der Waals surface area contributed by atoms with Gasteiger partial charge >= 0.3 is 17.9 Å². The van der Waals surface area contributed by atoms with E-state index in [4.69, 9.17) is 29.0 Å². The molecule has 0 amide bonds. The van der Waals surface area contributed by atoms with Gasteiger partial charge in [0.05, 0.1) is 54.9 Å². The predicted octanol–water partition coefficient (Wildman–Crippen LogP) is 10.7. The van der Waals surface area contributed by atoms with Crippen LogP contribution in [0.25, 0.3) is 90.6 Å². The van der Waals surface area contributed by atoms with E-state index >= 15 is 0 Å². The Morgan fingerprint density at radius 1 is 0.514 bits per heavy atom. The zero-order chi connectivity index (χ0) is 48.0. The van der Waals surface area contributed by atoms with E-state index in [1.54, 1.807) is 60.7 Å². The molecule has 5 N–H and O–H groups in total. The van der Waals surface area contributed by atoms with Gasteiger partial charge in [-0.1, -0.05) is 36.4 Å². The number of H-pyrrole nitrogens is 1. The van der Waals surface area contributed by atoms with Gasteiger partial charge in [0.15, 0.2) is 11.5 Å². The normalized spacial score (nSPS) is 11.1. The van der Waals surface area contributed by atoms with Crippen LogP contribution >= 0.6 is 37.2 Å². The van der Waals surface area contributed by atoms with Gasteiger partial charge in [-0.2, -0.15) is 4.73 Å². The van der Waals surface area contributed by atoms with Crippen molar-refractivity contribution in [3.05, 3.63) is 154 Å². The first-order valence-electron chi connectivity index (χ1n) is 20.6. The van der Waals surface area contributed by atoms with E-state index in [2.05, 4.69) is 11.1 Å². The van der Waals surface area contributed by atoms with Crippen LogP contribution in [0.3, 0.4) is 0 Å². The van der Waals surface area contributed by atoms with Crippen LogP contribution in [-0.2, 0) is 21.8 Å². The van der Waals surface area contributed by atoms with Crippen LogP contribution in [-0.4, -0.2) is 92.4 Å². The maximum Gasteiger partial charge on any atom is 0.335 e. The van der Waals surface area contributed by atoms with Crippen LogP contribution in [0.1, 0.15) is 64.2 Å². The minimum Gasteiger partial charge on any atom is -0.494 e. The number of hydrogen-bond acceptors (Lipinski definition) is 10. The molecule has 1 radical (unpaired) electrons.